The number of hydrogen-bond acceptors (Lipinski definition) is 1. The number of aliphatic carboxylic acids is 1. The number of unbranched alkanes of at least 4 members (excludes halogenated alkanes) is 9. The average Bonchev–Trinajstić information content (AvgIpc) is 2.50. The first-order chi connectivity index (χ1) is 10.8. The fourth-order valence-electron chi connectivity index (χ4n) is 2.08. The highest BCUT2D eigenvalue weighted by atomic mass is 16.4. The molecule has 0 aromatic heterocycles. The zero-order valence-electron chi connectivity index (χ0n) is 13.9. The standard InChI is InChI=1S/C20H30O2/c1-2-3-4-5-6-7-8-9-10-11-12-13-14-15-16-17-18-19-20(21)22/h12-17H,2-11H2,1H3,(H,21,22)/b13-12-,15-14+,17-16+. The van der Waals surface area contributed by atoms with Crippen LogP contribution in [0.4, 0.5) is 0 Å². The summed E-state index contributed by atoms with van der Waals surface area (Å²) in [6, 6.07) is 0. The highest BCUT2D eigenvalue weighted by molar-refractivity contribution is 5.86. The zero-order chi connectivity index (χ0) is 16.3. The van der Waals surface area contributed by atoms with E-state index in [2.05, 4.69) is 18.9 Å². The third-order valence-corrected chi connectivity index (χ3v) is 3.30. The topological polar surface area (TPSA) is 37.3 Å². The predicted molar refractivity (Wildman–Crippen MR) is 94.7 cm³/mol. The molecule has 22 heavy (non-hydrogen) atoms. The SMILES string of the molecule is CCCCCCCCCCC\C=C/C=C/C=C/C#CC(=O)O. The van der Waals surface area contributed by atoms with Gasteiger partial charge in [0.05, 0.1) is 0 Å². The lowest BCUT2D eigenvalue weighted by atomic mass is 10.1. The van der Waals surface area contributed by atoms with Crippen molar-refractivity contribution in [1.82, 2.24) is 0 Å². The number of carbonyl (C=O) groups is 1. The van der Waals surface area contributed by atoms with Crippen molar-refractivity contribution in [2.75, 3.05) is 0 Å². The molecule has 0 unspecified atom stereocenters. The van der Waals surface area contributed by atoms with Crippen molar-refractivity contribution in [3.05, 3.63) is 36.5 Å². The number of carboxylic acid groups (broad SMARTS) is 1. The lowest BCUT2D eigenvalue weighted by Crippen LogP contribution is -1.85. The largest absolute Gasteiger partial charge is 0.472 e. The van der Waals surface area contributed by atoms with Gasteiger partial charge in [0.15, 0.2) is 0 Å². The van der Waals surface area contributed by atoms with E-state index in [1.807, 2.05) is 24.1 Å². The van der Waals surface area contributed by atoms with Crippen LogP contribution in [0, 0.1) is 11.8 Å². The van der Waals surface area contributed by atoms with Gasteiger partial charge < -0.3 is 5.11 Å². The summed E-state index contributed by atoms with van der Waals surface area (Å²) in [5, 5.41) is 8.30. The van der Waals surface area contributed by atoms with E-state index in [1.54, 1.807) is 6.08 Å². The van der Waals surface area contributed by atoms with Crippen LogP contribution in [0.15, 0.2) is 36.5 Å². The first-order valence-corrected chi connectivity index (χ1v) is 8.50. The Labute approximate surface area is 136 Å². The fourth-order valence-corrected chi connectivity index (χ4v) is 2.08. The van der Waals surface area contributed by atoms with Crippen LogP contribution in [0.5, 0.6) is 0 Å². The van der Waals surface area contributed by atoms with Gasteiger partial charge in [0, 0.05) is 5.92 Å². The predicted octanol–water partition coefficient (Wildman–Crippen LogP) is 5.66. The van der Waals surface area contributed by atoms with Crippen molar-refractivity contribution in [3.63, 3.8) is 0 Å². The highest BCUT2D eigenvalue weighted by Gasteiger charge is 1.90. The molecular formula is C20H30O2. The van der Waals surface area contributed by atoms with Crippen LogP contribution in [-0.4, -0.2) is 11.1 Å². The summed E-state index contributed by atoms with van der Waals surface area (Å²) < 4.78 is 0. The smallest absolute Gasteiger partial charge is 0.382 e. The van der Waals surface area contributed by atoms with Crippen LogP contribution in [0.2, 0.25) is 0 Å². The molecule has 0 aromatic carbocycles. The van der Waals surface area contributed by atoms with Crippen molar-refractivity contribution in [3.8, 4) is 11.8 Å². The first-order valence-electron chi connectivity index (χ1n) is 8.50. The van der Waals surface area contributed by atoms with Gasteiger partial charge in [0.25, 0.3) is 0 Å². The molecule has 0 aliphatic heterocycles. The Hall–Kier alpha value is -1.75. The van der Waals surface area contributed by atoms with E-state index in [1.165, 1.54) is 63.9 Å². The summed E-state index contributed by atoms with van der Waals surface area (Å²) in [7, 11) is 0. The molecular weight excluding hydrogens is 272 g/mol. The summed E-state index contributed by atoms with van der Waals surface area (Å²) >= 11 is 0. The van der Waals surface area contributed by atoms with Crippen molar-refractivity contribution in [2.24, 2.45) is 0 Å². The lowest BCUT2D eigenvalue weighted by Gasteiger charge is -2.00. The Balaban J connectivity index is 3.37. The first kappa shape index (κ1) is 20.2. The molecule has 2 heteroatoms. The van der Waals surface area contributed by atoms with Crippen molar-refractivity contribution >= 4 is 5.97 Å². The van der Waals surface area contributed by atoms with Gasteiger partial charge in [0.1, 0.15) is 0 Å². The van der Waals surface area contributed by atoms with E-state index < -0.39 is 5.97 Å². The molecule has 0 aliphatic rings. The maximum absolute atomic E-state index is 10.1. The summed E-state index contributed by atoms with van der Waals surface area (Å²) in [5.74, 6) is 3.35. The summed E-state index contributed by atoms with van der Waals surface area (Å²) in [4.78, 5) is 10.1. The molecule has 2 nitrogen and oxygen atoms in total. The average molecular weight is 302 g/mol. The molecule has 122 valence electrons. The Morgan fingerprint density at radius 1 is 0.864 bits per heavy atom. The third kappa shape index (κ3) is 18.2. The molecule has 0 rings (SSSR count). The van der Waals surface area contributed by atoms with Gasteiger partial charge in [-0.25, -0.2) is 4.79 Å². The molecule has 0 bridgehead atoms. The van der Waals surface area contributed by atoms with E-state index in [4.69, 9.17) is 5.11 Å². The van der Waals surface area contributed by atoms with Crippen LogP contribution in [0.3, 0.4) is 0 Å². The Kier molecular flexibility index (Phi) is 15.9. The van der Waals surface area contributed by atoms with Crippen molar-refractivity contribution in [1.29, 1.82) is 0 Å². The van der Waals surface area contributed by atoms with Crippen molar-refractivity contribution in [2.45, 2.75) is 71.1 Å². The van der Waals surface area contributed by atoms with E-state index in [-0.39, 0.29) is 0 Å². The quantitative estimate of drug-likeness (QED) is 0.287. The van der Waals surface area contributed by atoms with E-state index >= 15 is 0 Å². The Morgan fingerprint density at radius 3 is 2.09 bits per heavy atom. The lowest BCUT2D eigenvalue weighted by molar-refractivity contribution is -0.130. The van der Waals surface area contributed by atoms with E-state index in [0.717, 1.165) is 6.42 Å². The molecule has 1 N–H and O–H groups in total. The Bertz CT molecular complexity index is 405. The molecule has 0 atom stereocenters. The monoisotopic (exact) mass is 302 g/mol. The normalized spacial score (nSPS) is 11.3. The van der Waals surface area contributed by atoms with E-state index in [0.29, 0.717) is 0 Å². The second-order valence-electron chi connectivity index (χ2n) is 5.36. The minimum absolute atomic E-state index is 1.10. The molecule has 0 saturated heterocycles. The summed E-state index contributed by atoms with van der Waals surface area (Å²) in [5.41, 5.74) is 0. The number of carboxylic acids is 1. The van der Waals surface area contributed by atoms with Gasteiger partial charge in [-0.1, -0.05) is 94.6 Å². The van der Waals surface area contributed by atoms with Gasteiger partial charge >= 0.3 is 5.97 Å². The molecule has 0 spiro atoms. The second kappa shape index (κ2) is 17.3. The summed E-state index contributed by atoms with van der Waals surface area (Å²) in [6.07, 6.45) is 24.6. The maximum atomic E-state index is 10.1. The van der Waals surface area contributed by atoms with Crippen molar-refractivity contribution < 1.29 is 9.90 Å². The number of allylic oxidation sites excluding steroid dienone is 6. The maximum Gasteiger partial charge on any atom is 0.382 e. The highest BCUT2D eigenvalue weighted by Crippen LogP contribution is 2.10. The van der Waals surface area contributed by atoms with Gasteiger partial charge in [0.2, 0.25) is 0 Å². The second-order valence-corrected chi connectivity index (χ2v) is 5.36. The van der Waals surface area contributed by atoms with Gasteiger partial charge in [-0.05, 0) is 18.9 Å². The number of hydrogen-bond donors (Lipinski definition) is 1. The third-order valence-electron chi connectivity index (χ3n) is 3.30. The van der Waals surface area contributed by atoms with Gasteiger partial charge in [-0.15, -0.1) is 0 Å². The molecule has 0 radical (unpaired) electrons. The van der Waals surface area contributed by atoms with Crippen LogP contribution in [0.25, 0.3) is 0 Å². The van der Waals surface area contributed by atoms with Crippen LogP contribution in [0.1, 0.15) is 71.1 Å². The molecule has 0 amide bonds. The molecule has 0 heterocycles. The molecule has 0 fully saturated rings. The molecule has 0 aliphatic carbocycles. The van der Waals surface area contributed by atoms with Gasteiger partial charge in [-0.3, -0.25) is 0 Å². The van der Waals surface area contributed by atoms with Crippen LogP contribution >= 0.6 is 0 Å². The minimum atomic E-state index is -1.10. The molecule has 0 saturated carbocycles. The number of rotatable bonds is 12. The van der Waals surface area contributed by atoms with Crippen LogP contribution in [-0.2, 0) is 4.79 Å². The minimum Gasteiger partial charge on any atom is -0.472 e. The van der Waals surface area contributed by atoms with E-state index in [9.17, 15) is 4.79 Å². The zero-order valence-corrected chi connectivity index (χ0v) is 13.9. The van der Waals surface area contributed by atoms with Gasteiger partial charge in [-0.2, -0.15) is 0 Å². The van der Waals surface area contributed by atoms with Crippen LogP contribution < -0.4 is 0 Å². The fraction of sp³-hybridized carbons (Fsp3) is 0.550. The molecule has 0 aromatic rings. The Morgan fingerprint density at radius 2 is 1.45 bits per heavy atom. The summed E-state index contributed by atoms with van der Waals surface area (Å²) in [6.45, 7) is 2.26.